The van der Waals surface area contributed by atoms with Gasteiger partial charge in [0, 0.05) is 43.6 Å². The van der Waals surface area contributed by atoms with Crippen molar-refractivity contribution in [2.75, 3.05) is 18.4 Å². The van der Waals surface area contributed by atoms with Crippen molar-refractivity contribution in [1.82, 2.24) is 24.2 Å². The number of phenols is 1. The molecule has 0 aliphatic carbocycles. The summed E-state index contributed by atoms with van der Waals surface area (Å²) in [7, 11) is -3.83. The van der Waals surface area contributed by atoms with Crippen molar-refractivity contribution in [2.45, 2.75) is 25.0 Å². The maximum absolute atomic E-state index is 11.4. The number of nitrogens with zero attached hydrogens (tertiary/aromatic N) is 4. The van der Waals surface area contributed by atoms with Gasteiger partial charge in [-0.1, -0.05) is 6.07 Å². The highest BCUT2D eigenvalue weighted by Crippen LogP contribution is 2.26. The largest absolute Gasteiger partial charge is 0.508 e. The third-order valence-corrected chi connectivity index (χ3v) is 5.74. The van der Waals surface area contributed by atoms with Gasteiger partial charge >= 0.3 is 0 Å². The lowest BCUT2D eigenvalue weighted by Crippen LogP contribution is -2.58. The van der Waals surface area contributed by atoms with E-state index in [9.17, 15) is 13.5 Å². The molecular formula is C18H24N8O3S. The van der Waals surface area contributed by atoms with Crippen LogP contribution in [0.4, 0.5) is 11.5 Å². The number of rotatable bonds is 6. The quantitative estimate of drug-likeness (QED) is 0.360. The first-order valence-corrected chi connectivity index (χ1v) is 11.0. The van der Waals surface area contributed by atoms with E-state index >= 15 is 0 Å². The van der Waals surface area contributed by atoms with Gasteiger partial charge in [-0.05, 0) is 30.2 Å². The number of aromatic nitrogens is 3. The summed E-state index contributed by atoms with van der Waals surface area (Å²) in [6.45, 7) is 1.73. The minimum Gasteiger partial charge on any atom is -0.508 e. The molecule has 11 nitrogen and oxygen atoms in total. The number of anilines is 2. The van der Waals surface area contributed by atoms with Gasteiger partial charge in [0.05, 0.1) is 6.04 Å². The van der Waals surface area contributed by atoms with Crippen molar-refractivity contribution in [3.05, 3.63) is 48.4 Å². The first-order valence-electron chi connectivity index (χ1n) is 9.44. The summed E-state index contributed by atoms with van der Waals surface area (Å²) in [4.78, 5) is 6.48. The van der Waals surface area contributed by atoms with E-state index in [1.165, 1.54) is 6.33 Å². The number of benzene rings is 1. The first-order chi connectivity index (χ1) is 14.3. The second-order valence-electron chi connectivity index (χ2n) is 7.38. The van der Waals surface area contributed by atoms with E-state index in [-0.39, 0.29) is 11.8 Å². The van der Waals surface area contributed by atoms with Crippen LogP contribution in [0.15, 0.2) is 42.9 Å². The lowest BCUT2D eigenvalue weighted by molar-refractivity contribution is 0.178. The second-order valence-corrected chi connectivity index (χ2v) is 8.70. The molecule has 3 heterocycles. The summed E-state index contributed by atoms with van der Waals surface area (Å²) < 4.78 is 27.0. The van der Waals surface area contributed by atoms with Crippen LogP contribution in [0.25, 0.3) is 5.52 Å². The van der Waals surface area contributed by atoms with E-state index in [0.29, 0.717) is 31.0 Å². The summed E-state index contributed by atoms with van der Waals surface area (Å²) in [5.74, 6) is 0.752. The Bertz CT molecular complexity index is 1150. The average molecular weight is 433 g/mol. The maximum atomic E-state index is 11.4. The van der Waals surface area contributed by atoms with Crippen LogP contribution in [0.1, 0.15) is 12.0 Å². The van der Waals surface area contributed by atoms with E-state index in [2.05, 4.69) is 25.0 Å². The zero-order chi connectivity index (χ0) is 21.3. The predicted molar refractivity (Wildman–Crippen MR) is 112 cm³/mol. The number of nitrogens with one attached hydrogen (secondary N) is 2. The predicted octanol–water partition coefficient (Wildman–Crippen LogP) is -0.127. The molecule has 0 radical (unpaired) electrons. The first kappa shape index (κ1) is 20.5. The minimum atomic E-state index is -3.83. The molecule has 0 bridgehead atoms. The van der Waals surface area contributed by atoms with Crippen molar-refractivity contribution < 1.29 is 13.5 Å². The molecule has 2 atom stereocenters. The molecule has 0 spiro atoms. The summed E-state index contributed by atoms with van der Waals surface area (Å²) in [6, 6.07) is 7.98. The molecule has 1 aliphatic rings. The molecule has 0 saturated carbocycles. The van der Waals surface area contributed by atoms with Crippen LogP contribution in [-0.2, 0) is 16.8 Å². The van der Waals surface area contributed by atoms with Crippen LogP contribution in [0, 0.1) is 0 Å². The summed E-state index contributed by atoms with van der Waals surface area (Å²) in [5.41, 5.74) is 8.54. The molecule has 1 aliphatic heterocycles. The molecular weight excluding hydrogens is 408 g/mol. The Morgan fingerprint density at radius 1 is 1.30 bits per heavy atom. The molecule has 1 fully saturated rings. The highest BCUT2D eigenvalue weighted by Gasteiger charge is 2.29. The summed E-state index contributed by atoms with van der Waals surface area (Å²) in [5, 5.41) is 22.3. The third kappa shape index (κ3) is 4.68. The fourth-order valence-electron chi connectivity index (χ4n) is 3.72. The molecule has 1 saturated heterocycles. The lowest BCUT2D eigenvalue weighted by atomic mass is 10.0. The lowest BCUT2D eigenvalue weighted by Gasteiger charge is -2.36. The van der Waals surface area contributed by atoms with E-state index in [0.717, 1.165) is 17.6 Å². The molecule has 7 N–H and O–H groups in total. The zero-order valence-electron chi connectivity index (χ0n) is 16.1. The Labute approximate surface area is 173 Å². The highest BCUT2D eigenvalue weighted by molar-refractivity contribution is 7.87. The van der Waals surface area contributed by atoms with Crippen LogP contribution in [0.5, 0.6) is 5.75 Å². The van der Waals surface area contributed by atoms with Crippen molar-refractivity contribution in [3.63, 3.8) is 0 Å². The molecule has 4 rings (SSSR count). The number of aromatic hydroxyl groups is 1. The fraction of sp³-hybridized carbons (Fsp3) is 0.333. The monoisotopic (exact) mass is 432 g/mol. The molecule has 0 unspecified atom stereocenters. The highest BCUT2D eigenvalue weighted by atomic mass is 32.2. The summed E-state index contributed by atoms with van der Waals surface area (Å²) >= 11 is 0. The molecule has 0 amide bonds. The topological polar surface area (TPSA) is 164 Å². The van der Waals surface area contributed by atoms with E-state index in [1.54, 1.807) is 22.7 Å². The number of hydrogen-bond donors (Lipinski definition) is 5. The van der Waals surface area contributed by atoms with Gasteiger partial charge in [-0.2, -0.15) is 18.2 Å². The number of piperidine rings is 1. The second kappa shape index (κ2) is 8.16. The fourth-order valence-corrected chi connectivity index (χ4v) is 4.39. The van der Waals surface area contributed by atoms with Gasteiger partial charge in [0.25, 0.3) is 10.2 Å². The van der Waals surface area contributed by atoms with E-state index in [4.69, 9.17) is 10.9 Å². The maximum Gasteiger partial charge on any atom is 0.274 e. The number of nitrogens with two attached hydrogens (primary N) is 2. The smallest absolute Gasteiger partial charge is 0.274 e. The van der Waals surface area contributed by atoms with Gasteiger partial charge in [0.2, 0.25) is 0 Å². The SMILES string of the molecule is N[C@@H]1CCN(Cc2ccn3ncnc(Nc4cccc(O)c4)c23)C[C@@H]1NS(N)(=O)=O. The van der Waals surface area contributed by atoms with Crippen LogP contribution in [-0.4, -0.2) is 58.2 Å². The standard InChI is InChI=1S/C18H24N8O3S/c19-15-5-6-25(10-16(15)24-30(20,28)29)9-12-4-7-26-17(12)18(21-11-22-26)23-13-2-1-3-14(27)8-13/h1-4,7-8,11,15-16,24,27H,5-6,9-10,19H2,(H2,20,28,29)(H,21,22,23)/t15-,16+/m1/s1. The van der Waals surface area contributed by atoms with E-state index in [1.807, 2.05) is 18.3 Å². The number of likely N-dealkylation sites (tertiary alicyclic amines) is 1. The van der Waals surface area contributed by atoms with Gasteiger partial charge in [0.15, 0.2) is 5.82 Å². The minimum absolute atomic E-state index is 0.152. The number of hydrogen-bond acceptors (Lipinski definition) is 8. The van der Waals surface area contributed by atoms with Crippen LogP contribution < -0.4 is 20.9 Å². The third-order valence-electron chi connectivity index (χ3n) is 5.11. The van der Waals surface area contributed by atoms with Crippen molar-refractivity contribution in [2.24, 2.45) is 10.9 Å². The molecule has 3 aromatic rings. The Hall–Kier alpha value is -2.77. The van der Waals surface area contributed by atoms with Gasteiger partial charge in [-0.3, -0.25) is 4.90 Å². The van der Waals surface area contributed by atoms with Gasteiger partial charge in [-0.25, -0.2) is 14.6 Å². The normalized spacial score (nSPS) is 20.5. The Morgan fingerprint density at radius 3 is 2.90 bits per heavy atom. The molecule has 2 aromatic heterocycles. The van der Waals surface area contributed by atoms with Crippen LogP contribution in [0.3, 0.4) is 0 Å². The van der Waals surface area contributed by atoms with Crippen LogP contribution in [0.2, 0.25) is 0 Å². The van der Waals surface area contributed by atoms with Crippen molar-refractivity contribution in [3.8, 4) is 5.75 Å². The Balaban J connectivity index is 1.57. The summed E-state index contributed by atoms with van der Waals surface area (Å²) in [6.07, 6.45) is 3.94. The Morgan fingerprint density at radius 2 is 2.13 bits per heavy atom. The van der Waals surface area contributed by atoms with Crippen LogP contribution >= 0.6 is 0 Å². The van der Waals surface area contributed by atoms with E-state index < -0.39 is 16.3 Å². The molecule has 30 heavy (non-hydrogen) atoms. The van der Waals surface area contributed by atoms with Gasteiger partial charge in [-0.15, -0.1) is 0 Å². The zero-order valence-corrected chi connectivity index (χ0v) is 17.0. The molecule has 1 aromatic carbocycles. The molecule has 12 heteroatoms. The number of fused-ring (bicyclic) bond motifs is 1. The number of phenolic OH excluding ortho intramolecular Hbond substituents is 1. The van der Waals surface area contributed by atoms with Gasteiger partial charge < -0.3 is 16.2 Å². The average Bonchev–Trinajstić information content (AvgIpc) is 3.07. The van der Waals surface area contributed by atoms with Gasteiger partial charge in [0.1, 0.15) is 17.6 Å². The molecule has 160 valence electrons. The van der Waals surface area contributed by atoms with Crippen molar-refractivity contribution >= 4 is 27.2 Å². The Kier molecular flexibility index (Phi) is 5.58. The van der Waals surface area contributed by atoms with Crippen molar-refractivity contribution in [1.29, 1.82) is 0 Å².